The molecule has 116 valence electrons. The molecule has 2 aliphatic rings. The lowest BCUT2D eigenvalue weighted by Crippen LogP contribution is -2.38. The molecule has 3 nitrogen and oxygen atoms in total. The van der Waals surface area contributed by atoms with E-state index in [0.717, 1.165) is 36.1 Å². The van der Waals surface area contributed by atoms with E-state index in [1.807, 2.05) is 0 Å². The topological polar surface area (TPSA) is 19.4 Å². The van der Waals surface area contributed by atoms with Gasteiger partial charge in [0.25, 0.3) is 0 Å². The zero-order chi connectivity index (χ0) is 14.7. The number of nitrogens with zero attached hydrogens (tertiary/aromatic N) is 3. The van der Waals surface area contributed by atoms with E-state index in [9.17, 15) is 0 Å². The maximum Gasteiger partial charge on any atom is 0.128 e. The Labute approximate surface area is 133 Å². The number of alkyl halides is 1. The summed E-state index contributed by atoms with van der Waals surface area (Å²) in [6.45, 7) is 8.30. The summed E-state index contributed by atoms with van der Waals surface area (Å²) >= 11 is 5.91. The molecule has 0 aliphatic carbocycles. The van der Waals surface area contributed by atoms with Crippen LogP contribution in [0.2, 0.25) is 0 Å². The van der Waals surface area contributed by atoms with E-state index in [0.29, 0.717) is 5.88 Å². The number of likely N-dealkylation sites (tertiary alicyclic amines) is 1. The van der Waals surface area contributed by atoms with Gasteiger partial charge in [-0.25, -0.2) is 4.98 Å². The number of aromatic nitrogens is 1. The molecule has 0 radical (unpaired) electrons. The lowest BCUT2D eigenvalue weighted by atomic mass is 9.96. The van der Waals surface area contributed by atoms with Crippen LogP contribution in [0.4, 0.5) is 5.82 Å². The fourth-order valence-corrected chi connectivity index (χ4v) is 3.85. The molecule has 21 heavy (non-hydrogen) atoms. The smallest absolute Gasteiger partial charge is 0.128 e. The van der Waals surface area contributed by atoms with Gasteiger partial charge in [0.05, 0.1) is 0 Å². The van der Waals surface area contributed by atoms with Gasteiger partial charge in [0.2, 0.25) is 0 Å². The third-order valence-corrected chi connectivity index (χ3v) is 5.27. The lowest BCUT2D eigenvalue weighted by molar-refractivity contribution is 0.249. The number of rotatable bonds is 4. The Bertz CT molecular complexity index is 463. The summed E-state index contributed by atoms with van der Waals surface area (Å²) in [6.07, 6.45) is 5.40. The average Bonchev–Trinajstić information content (AvgIpc) is 3.01. The second-order valence-corrected chi connectivity index (χ2v) is 6.75. The van der Waals surface area contributed by atoms with Crippen molar-refractivity contribution in [3.63, 3.8) is 0 Å². The molecule has 2 aliphatic heterocycles. The fraction of sp³-hybridized carbons (Fsp3) is 0.706. The van der Waals surface area contributed by atoms with Crippen molar-refractivity contribution in [2.45, 2.75) is 38.5 Å². The first-order chi connectivity index (χ1) is 10.3. The van der Waals surface area contributed by atoms with Crippen molar-refractivity contribution in [2.24, 2.45) is 5.92 Å². The molecule has 3 heterocycles. The Balaban J connectivity index is 1.54. The maximum absolute atomic E-state index is 5.91. The van der Waals surface area contributed by atoms with E-state index in [-0.39, 0.29) is 0 Å². The molecule has 2 saturated heterocycles. The predicted octanol–water partition coefficient (Wildman–Crippen LogP) is 3.44. The number of pyridine rings is 1. The van der Waals surface area contributed by atoms with E-state index in [1.165, 1.54) is 45.3 Å². The molecule has 0 N–H and O–H groups in total. The predicted molar refractivity (Wildman–Crippen MR) is 89.1 cm³/mol. The summed E-state index contributed by atoms with van der Waals surface area (Å²) in [7, 11) is 0. The first-order valence-electron chi connectivity index (χ1n) is 8.26. The van der Waals surface area contributed by atoms with E-state index >= 15 is 0 Å². The Morgan fingerprint density at radius 3 is 2.48 bits per heavy atom. The van der Waals surface area contributed by atoms with E-state index in [1.54, 1.807) is 0 Å². The standard InChI is InChI=1S/C17H26ClN3/c1-14-16(12-18)4-5-17(19-14)21-10-6-15(7-11-21)13-20-8-2-3-9-20/h4-5,15H,2-3,6-13H2,1H3. The van der Waals surface area contributed by atoms with Crippen LogP contribution in [0, 0.1) is 12.8 Å². The summed E-state index contributed by atoms with van der Waals surface area (Å²) in [5, 5.41) is 0. The third-order valence-electron chi connectivity index (χ3n) is 4.98. The molecule has 1 aromatic heterocycles. The second kappa shape index (κ2) is 6.97. The largest absolute Gasteiger partial charge is 0.357 e. The molecular weight excluding hydrogens is 282 g/mol. The van der Waals surface area contributed by atoms with Gasteiger partial charge in [-0.15, -0.1) is 11.6 Å². The average molecular weight is 308 g/mol. The van der Waals surface area contributed by atoms with Gasteiger partial charge in [-0.05, 0) is 63.2 Å². The van der Waals surface area contributed by atoms with Crippen molar-refractivity contribution in [1.29, 1.82) is 0 Å². The Kier molecular flexibility index (Phi) is 5.02. The van der Waals surface area contributed by atoms with Crippen LogP contribution in [0.15, 0.2) is 12.1 Å². The molecule has 0 atom stereocenters. The lowest BCUT2D eigenvalue weighted by Gasteiger charge is -2.34. The summed E-state index contributed by atoms with van der Waals surface area (Å²) < 4.78 is 0. The van der Waals surface area contributed by atoms with Crippen LogP contribution in [-0.2, 0) is 5.88 Å². The molecule has 1 aromatic rings. The Morgan fingerprint density at radius 2 is 1.86 bits per heavy atom. The minimum Gasteiger partial charge on any atom is -0.357 e. The second-order valence-electron chi connectivity index (χ2n) is 6.49. The zero-order valence-electron chi connectivity index (χ0n) is 13.0. The zero-order valence-corrected chi connectivity index (χ0v) is 13.8. The van der Waals surface area contributed by atoms with Crippen LogP contribution in [0.5, 0.6) is 0 Å². The van der Waals surface area contributed by atoms with E-state index in [4.69, 9.17) is 16.6 Å². The van der Waals surface area contributed by atoms with Gasteiger partial charge in [0.1, 0.15) is 5.82 Å². The number of hydrogen-bond acceptors (Lipinski definition) is 3. The molecule has 0 aromatic carbocycles. The molecule has 0 amide bonds. The third kappa shape index (κ3) is 3.70. The first kappa shape index (κ1) is 15.1. The van der Waals surface area contributed by atoms with Crippen LogP contribution in [0.1, 0.15) is 36.9 Å². The highest BCUT2D eigenvalue weighted by molar-refractivity contribution is 6.17. The first-order valence-corrected chi connectivity index (χ1v) is 8.79. The molecule has 3 rings (SSSR count). The van der Waals surface area contributed by atoms with Crippen LogP contribution in [-0.4, -0.2) is 42.6 Å². The fourth-order valence-electron chi connectivity index (χ4n) is 3.57. The normalized spacial score (nSPS) is 21.1. The van der Waals surface area contributed by atoms with Gasteiger partial charge in [-0.2, -0.15) is 0 Å². The van der Waals surface area contributed by atoms with Gasteiger partial charge in [0, 0.05) is 31.2 Å². The number of anilines is 1. The summed E-state index contributed by atoms with van der Waals surface area (Å²) in [4.78, 5) is 9.81. The van der Waals surface area contributed by atoms with Gasteiger partial charge in [-0.3, -0.25) is 0 Å². The molecule has 0 bridgehead atoms. The maximum atomic E-state index is 5.91. The van der Waals surface area contributed by atoms with Gasteiger partial charge >= 0.3 is 0 Å². The van der Waals surface area contributed by atoms with Crippen molar-refractivity contribution in [3.05, 3.63) is 23.4 Å². The quantitative estimate of drug-likeness (QED) is 0.794. The van der Waals surface area contributed by atoms with E-state index in [2.05, 4.69) is 28.9 Å². The number of piperidine rings is 1. The van der Waals surface area contributed by atoms with Crippen molar-refractivity contribution < 1.29 is 0 Å². The monoisotopic (exact) mass is 307 g/mol. The van der Waals surface area contributed by atoms with Crippen LogP contribution in [0.25, 0.3) is 0 Å². The Hall–Kier alpha value is -0.800. The molecule has 0 saturated carbocycles. The molecule has 2 fully saturated rings. The van der Waals surface area contributed by atoms with Gasteiger partial charge < -0.3 is 9.80 Å². The van der Waals surface area contributed by atoms with Crippen molar-refractivity contribution >= 4 is 17.4 Å². The number of aryl methyl sites for hydroxylation is 1. The van der Waals surface area contributed by atoms with Crippen LogP contribution in [0.3, 0.4) is 0 Å². The number of hydrogen-bond donors (Lipinski definition) is 0. The van der Waals surface area contributed by atoms with Crippen molar-refractivity contribution in [2.75, 3.05) is 37.6 Å². The summed E-state index contributed by atoms with van der Waals surface area (Å²) in [5.74, 6) is 2.56. The van der Waals surface area contributed by atoms with Crippen LogP contribution >= 0.6 is 11.6 Å². The van der Waals surface area contributed by atoms with E-state index < -0.39 is 0 Å². The highest BCUT2D eigenvalue weighted by atomic mass is 35.5. The molecule has 0 spiro atoms. The van der Waals surface area contributed by atoms with Gasteiger partial charge in [-0.1, -0.05) is 6.07 Å². The number of halogens is 1. The highest BCUT2D eigenvalue weighted by Crippen LogP contribution is 2.24. The summed E-state index contributed by atoms with van der Waals surface area (Å²) in [5.41, 5.74) is 2.21. The summed E-state index contributed by atoms with van der Waals surface area (Å²) in [6, 6.07) is 4.26. The van der Waals surface area contributed by atoms with Crippen LogP contribution < -0.4 is 4.90 Å². The molecule has 4 heteroatoms. The molecule has 0 unspecified atom stereocenters. The SMILES string of the molecule is Cc1nc(N2CCC(CN3CCCC3)CC2)ccc1CCl. The minimum atomic E-state index is 0.553. The van der Waals surface area contributed by atoms with Crippen molar-refractivity contribution in [1.82, 2.24) is 9.88 Å². The minimum absolute atomic E-state index is 0.553. The highest BCUT2D eigenvalue weighted by Gasteiger charge is 2.23. The van der Waals surface area contributed by atoms with Crippen molar-refractivity contribution in [3.8, 4) is 0 Å². The van der Waals surface area contributed by atoms with Gasteiger partial charge in [0.15, 0.2) is 0 Å². The molecular formula is C17H26ClN3. The Morgan fingerprint density at radius 1 is 1.14 bits per heavy atom.